The fourth-order valence-electron chi connectivity index (χ4n) is 1.51. The first kappa shape index (κ1) is 12.2. The highest BCUT2D eigenvalue weighted by molar-refractivity contribution is 5.89. The van der Waals surface area contributed by atoms with Gasteiger partial charge in [0.05, 0.1) is 6.61 Å². The molecule has 0 radical (unpaired) electrons. The number of nitrogens with zero attached hydrogens (tertiary/aromatic N) is 3. The van der Waals surface area contributed by atoms with Crippen LogP contribution in [0.3, 0.4) is 0 Å². The second-order valence-electron chi connectivity index (χ2n) is 3.84. The Kier molecular flexibility index (Phi) is 3.66. The summed E-state index contributed by atoms with van der Waals surface area (Å²) in [6, 6.07) is 4.81. The molecule has 1 aromatic carbocycles. The Bertz CT molecular complexity index is 577. The Hall–Kier alpha value is -2.24. The second kappa shape index (κ2) is 5.39. The molecule has 2 rings (SSSR count). The summed E-state index contributed by atoms with van der Waals surface area (Å²) in [6.07, 6.45) is 1.93. The van der Waals surface area contributed by atoms with Gasteiger partial charge in [0.25, 0.3) is 0 Å². The highest BCUT2D eigenvalue weighted by Crippen LogP contribution is 2.12. The van der Waals surface area contributed by atoms with Crippen molar-refractivity contribution in [3.05, 3.63) is 23.8 Å². The van der Waals surface area contributed by atoms with Crippen molar-refractivity contribution in [3.8, 4) is 0 Å². The maximum Gasteiger partial charge on any atom is 0.436 e. The van der Waals surface area contributed by atoms with Gasteiger partial charge in [-0.05, 0) is 24.6 Å². The minimum Gasteiger partial charge on any atom is -0.448 e. The average Bonchev–Trinajstić information content (AvgIpc) is 2.81. The maximum atomic E-state index is 11.7. The molecule has 0 bridgehead atoms. The molecule has 0 saturated heterocycles. The van der Waals surface area contributed by atoms with Crippen LogP contribution in [0.2, 0.25) is 0 Å². The van der Waals surface area contributed by atoms with E-state index in [2.05, 4.69) is 10.3 Å². The standard InChI is InChI=1S/C12H13N3O3/c1-2-3-6-18-12(17)15-11-5-4-9(8-16)7-10(11)13-14-15/h4-5,7-8H,2-3,6H2,1H3. The molecule has 0 atom stereocenters. The number of ether oxygens (including phenoxy) is 1. The fourth-order valence-corrected chi connectivity index (χ4v) is 1.51. The van der Waals surface area contributed by atoms with Crippen molar-refractivity contribution >= 4 is 23.4 Å². The van der Waals surface area contributed by atoms with E-state index in [-0.39, 0.29) is 0 Å². The van der Waals surface area contributed by atoms with Crippen molar-refractivity contribution in [3.63, 3.8) is 0 Å². The van der Waals surface area contributed by atoms with E-state index in [0.29, 0.717) is 23.2 Å². The molecule has 0 amide bonds. The smallest absolute Gasteiger partial charge is 0.436 e. The topological polar surface area (TPSA) is 74.1 Å². The van der Waals surface area contributed by atoms with Gasteiger partial charge in [0.2, 0.25) is 0 Å². The van der Waals surface area contributed by atoms with Crippen molar-refractivity contribution in [2.75, 3.05) is 6.61 Å². The molecule has 0 saturated carbocycles. The minimum atomic E-state index is -0.551. The number of rotatable bonds is 4. The number of unbranched alkanes of at least 4 members (excludes halogenated alkanes) is 1. The van der Waals surface area contributed by atoms with Crippen LogP contribution in [0.4, 0.5) is 4.79 Å². The van der Waals surface area contributed by atoms with Crippen LogP contribution < -0.4 is 0 Å². The van der Waals surface area contributed by atoms with Gasteiger partial charge in [-0.15, -0.1) is 9.78 Å². The molecule has 1 aromatic heterocycles. The van der Waals surface area contributed by atoms with Gasteiger partial charge in [0, 0.05) is 5.56 Å². The van der Waals surface area contributed by atoms with Crippen LogP contribution in [-0.4, -0.2) is 34.0 Å². The summed E-state index contributed by atoms with van der Waals surface area (Å²) in [4.78, 5) is 22.3. The highest BCUT2D eigenvalue weighted by atomic mass is 16.6. The van der Waals surface area contributed by atoms with Crippen LogP contribution in [0.5, 0.6) is 0 Å². The number of carbonyl (C=O) groups is 2. The molecule has 6 heteroatoms. The first-order chi connectivity index (χ1) is 8.76. The molecule has 94 valence electrons. The summed E-state index contributed by atoms with van der Waals surface area (Å²) in [5.41, 5.74) is 1.52. The van der Waals surface area contributed by atoms with Crippen molar-refractivity contribution in [1.29, 1.82) is 0 Å². The van der Waals surface area contributed by atoms with Crippen LogP contribution in [-0.2, 0) is 4.74 Å². The quantitative estimate of drug-likeness (QED) is 0.610. The van der Waals surface area contributed by atoms with E-state index in [4.69, 9.17) is 4.74 Å². The number of hydrogen-bond donors (Lipinski definition) is 0. The van der Waals surface area contributed by atoms with Crippen LogP contribution in [0, 0.1) is 0 Å². The molecule has 0 aliphatic heterocycles. The van der Waals surface area contributed by atoms with Gasteiger partial charge < -0.3 is 4.74 Å². The molecule has 0 aliphatic rings. The maximum absolute atomic E-state index is 11.7. The molecule has 0 fully saturated rings. The Balaban J connectivity index is 2.23. The third kappa shape index (κ3) is 2.37. The Labute approximate surface area is 104 Å². The van der Waals surface area contributed by atoms with Crippen LogP contribution in [0.1, 0.15) is 30.1 Å². The third-order valence-electron chi connectivity index (χ3n) is 2.50. The van der Waals surface area contributed by atoms with E-state index in [1.807, 2.05) is 6.92 Å². The SMILES string of the molecule is CCCCOC(=O)n1nnc2cc(C=O)ccc21. The van der Waals surface area contributed by atoms with Gasteiger partial charge in [-0.2, -0.15) is 0 Å². The summed E-state index contributed by atoms with van der Waals surface area (Å²) in [6.45, 7) is 2.38. The zero-order chi connectivity index (χ0) is 13.0. The van der Waals surface area contributed by atoms with Crippen LogP contribution in [0.15, 0.2) is 18.2 Å². The van der Waals surface area contributed by atoms with Crippen LogP contribution >= 0.6 is 0 Å². The monoisotopic (exact) mass is 247 g/mol. The van der Waals surface area contributed by atoms with Crippen molar-refractivity contribution in [1.82, 2.24) is 15.0 Å². The zero-order valence-corrected chi connectivity index (χ0v) is 10.00. The number of fused-ring (bicyclic) bond motifs is 1. The van der Waals surface area contributed by atoms with Gasteiger partial charge in [0.1, 0.15) is 17.3 Å². The number of carbonyl (C=O) groups excluding carboxylic acids is 2. The van der Waals surface area contributed by atoms with Gasteiger partial charge in [-0.25, -0.2) is 4.79 Å². The van der Waals surface area contributed by atoms with E-state index in [1.54, 1.807) is 18.2 Å². The van der Waals surface area contributed by atoms with Crippen molar-refractivity contribution < 1.29 is 14.3 Å². The zero-order valence-electron chi connectivity index (χ0n) is 10.00. The van der Waals surface area contributed by atoms with Gasteiger partial charge >= 0.3 is 6.09 Å². The summed E-state index contributed by atoms with van der Waals surface area (Å²) < 4.78 is 6.14. The predicted molar refractivity (Wildman–Crippen MR) is 64.6 cm³/mol. The lowest BCUT2D eigenvalue weighted by Crippen LogP contribution is -2.15. The molecule has 2 aromatic rings. The number of aromatic nitrogens is 3. The molecular weight excluding hydrogens is 234 g/mol. The molecule has 0 spiro atoms. The lowest BCUT2D eigenvalue weighted by molar-refractivity contribution is 0.112. The summed E-state index contributed by atoms with van der Waals surface area (Å²) in [7, 11) is 0. The lowest BCUT2D eigenvalue weighted by atomic mass is 10.2. The van der Waals surface area contributed by atoms with Gasteiger partial charge in [-0.1, -0.05) is 18.6 Å². The van der Waals surface area contributed by atoms with Gasteiger partial charge in [0.15, 0.2) is 0 Å². The predicted octanol–water partition coefficient (Wildman–Crippen LogP) is 2.03. The summed E-state index contributed by atoms with van der Waals surface area (Å²) in [5.74, 6) is 0. The first-order valence-corrected chi connectivity index (χ1v) is 5.74. The van der Waals surface area contributed by atoms with E-state index >= 15 is 0 Å². The third-order valence-corrected chi connectivity index (χ3v) is 2.50. The minimum absolute atomic E-state index is 0.364. The van der Waals surface area contributed by atoms with E-state index in [0.717, 1.165) is 23.8 Å². The van der Waals surface area contributed by atoms with Crippen LogP contribution in [0.25, 0.3) is 11.0 Å². The van der Waals surface area contributed by atoms with Crippen molar-refractivity contribution in [2.45, 2.75) is 19.8 Å². The number of aldehydes is 1. The largest absolute Gasteiger partial charge is 0.448 e. The number of benzene rings is 1. The molecule has 0 aliphatic carbocycles. The van der Waals surface area contributed by atoms with E-state index < -0.39 is 6.09 Å². The molecule has 0 unspecified atom stereocenters. The molecular formula is C12H13N3O3. The second-order valence-corrected chi connectivity index (χ2v) is 3.84. The molecule has 0 N–H and O–H groups in total. The highest BCUT2D eigenvalue weighted by Gasteiger charge is 2.13. The molecule has 1 heterocycles. The van der Waals surface area contributed by atoms with Gasteiger partial charge in [-0.3, -0.25) is 4.79 Å². The summed E-state index contributed by atoms with van der Waals surface area (Å²) >= 11 is 0. The van der Waals surface area contributed by atoms with E-state index in [9.17, 15) is 9.59 Å². The first-order valence-electron chi connectivity index (χ1n) is 5.74. The molecule has 18 heavy (non-hydrogen) atoms. The number of hydrogen-bond acceptors (Lipinski definition) is 5. The normalized spacial score (nSPS) is 10.5. The molecule has 6 nitrogen and oxygen atoms in total. The summed E-state index contributed by atoms with van der Waals surface area (Å²) in [5, 5.41) is 7.56. The Morgan fingerprint density at radius 2 is 2.33 bits per heavy atom. The van der Waals surface area contributed by atoms with E-state index in [1.165, 1.54) is 0 Å². The average molecular weight is 247 g/mol. The Morgan fingerprint density at radius 1 is 1.50 bits per heavy atom. The van der Waals surface area contributed by atoms with Crippen molar-refractivity contribution in [2.24, 2.45) is 0 Å². The lowest BCUT2D eigenvalue weighted by Gasteiger charge is -2.03. The fraction of sp³-hybridized carbons (Fsp3) is 0.333. The Morgan fingerprint density at radius 3 is 3.06 bits per heavy atom.